The van der Waals surface area contributed by atoms with Gasteiger partial charge >= 0.3 is 0 Å². The van der Waals surface area contributed by atoms with Crippen LogP contribution in [0.15, 0.2) is 67.0 Å². The predicted molar refractivity (Wildman–Crippen MR) is 122 cm³/mol. The lowest BCUT2D eigenvalue weighted by Crippen LogP contribution is -2.35. The molecule has 1 amide bonds. The summed E-state index contributed by atoms with van der Waals surface area (Å²) in [5.74, 6) is -0.817. The molecule has 158 valence electrons. The maximum atomic E-state index is 14.2. The maximum absolute atomic E-state index is 14.2. The van der Waals surface area contributed by atoms with E-state index >= 15 is 0 Å². The Bertz CT molecular complexity index is 1350. The van der Waals surface area contributed by atoms with Gasteiger partial charge in [-0.2, -0.15) is 5.26 Å². The number of anilines is 1. The van der Waals surface area contributed by atoms with Gasteiger partial charge in [-0.1, -0.05) is 49.4 Å². The number of carbonyl (C=O) groups excluding carboxylic acids is 1. The molecule has 6 nitrogen and oxygen atoms in total. The summed E-state index contributed by atoms with van der Waals surface area (Å²) in [6.45, 7) is 1.84. The Morgan fingerprint density at radius 1 is 1.16 bits per heavy atom. The zero-order chi connectivity index (χ0) is 22.7. The molecule has 0 aliphatic carbocycles. The van der Waals surface area contributed by atoms with Gasteiger partial charge in [-0.3, -0.25) is 9.78 Å². The molecule has 0 aliphatic rings. The van der Waals surface area contributed by atoms with E-state index in [1.807, 2.05) is 6.92 Å². The second kappa shape index (κ2) is 8.82. The third-order valence-corrected chi connectivity index (χ3v) is 5.31. The highest BCUT2D eigenvalue weighted by Gasteiger charge is 2.21. The van der Waals surface area contributed by atoms with Gasteiger partial charge in [0.1, 0.15) is 23.5 Å². The van der Waals surface area contributed by atoms with Crippen molar-refractivity contribution in [1.29, 1.82) is 5.26 Å². The van der Waals surface area contributed by atoms with Crippen molar-refractivity contribution in [3.63, 3.8) is 0 Å². The first kappa shape index (κ1) is 20.9. The fourth-order valence-corrected chi connectivity index (χ4v) is 3.64. The number of rotatable bonds is 6. The highest BCUT2D eigenvalue weighted by Crippen LogP contribution is 2.35. The number of pyridine rings is 2. The smallest absolute Gasteiger partial charge is 0.239 e. The summed E-state index contributed by atoms with van der Waals surface area (Å²) in [6.07, 6.45) is 3.66. The molecule has 2 heterocycles. The van der Waals surface area contributed by atoms with E-state index in [0.29, 0.717) is 51.0 Å². The molecule has 4 aromatic rings. The van der Waals surface area contributed by atoms with E-state index in [1.54, 1.807) is 60.9 Å². The van der Waals surface area contributed by atoms with Gasteiger partial charge in [0.05, 0.1) is 23.1 Å². The van der Waals surface area contributed by atoms with Crippen molar-refractivity contribution in [3.8, 4) is 28.5 Å². The average Bonchev–Trinajstić information content (AvgIpc) is 2.82. The highest BCUT2D eigenvalue weighted by molar-refractivity contribution is 5.99. The maximum Gasteiger partial charge on any atom is 0.239 e. The number of nitrogens with two attached hydrogens (primary N) is 1. The number of halogens is 1. The molecule has 0 radical (unpaired) electrons. The minimum atomic E-state index is -0.642. The van der Waals surface area contributed by atoms with Gasteiger partial charge in [0.25, 0.3) is 0 Å². The van der Waals surface area contributed by atoms with E-state index in [0.717, 1.165) is 0 Å². The number of amides is 1. The van der Waals surface area contributed by atoms with Gasteiger partial charge in [-0.15, -0.1) is 0 Å². The summed E-state index contributed by atoms with van der Waals surface area (Å²) >= 11 is 0. The molecular weight excluding hydrogens is 405 g/mol. The van der Waals surface area contributed by atoms with E-state index in [1.165, 1.54) is 6.07 Å². The van der Waals surface area contributed by atoms with Crippen LogP contribution in [0, 0.1) is 17.1 Å². The summed E-state index contributed by atoms with van der Waals surface area (Å²) in [5.41, 5.74) is 9.20. The number of nitrogens with zero attached hydrogens (tertiary/aromatic N) is 3. The van der Waals surface area contributed by atoms with Crippen molar-refractivity contribution in [2.75, 3.05) is 5.32 Å². The standard InChI is InChI=1S/C25H20FN5O/c1-2-21(25(28)32)30-24-18-11-12-29-14-22(18)31-23(19(24)13-27)16-9-7-15(8-10-16)17-5-3-4-6-20(17)26/h3-12,14,21H,2H2,1H3,(H2,28,32)(H,30,31)/t21-/m1/s1. The second-order valence-electron chi connectivity index (χ2n) is 7.28. The van der Waals surface area contributed by atoms with Gasteiger partial charge in [0.2, 0.25) is 5.91 Å². The predicted octanol–water partition coefficient (Wildman–Crippen LogP) is 4.65. The Kier molecular flexibility index (Phi) is 5.77. The van der Waals surface area contributed by atoms with Gasteiger partial charge in [0, 0.05) is 22.7 Å². The second-order valence-corrected chi connectivity index (χ2v) is 7.28. The number of hydrogen-bond acceptors (Lipinski definition) is 5. The number of hydrogen-bond donors (Lipinski definition) is 2. The number of nitrogens with one attached hydrogen (secondary N) is 1. The van der Waals surface area contributed by atoms with Crippen molar-refractivity contribution in [3.05, 3.63) is 78.4 Å². The van der Waals surface area contributed by atoms with Gasteiger partial charge in [0.15, 0.2) is 0 Å². The number of nitriles is 1. The van der Waals surface area contributed by atoms with E-state index in [2.05, 4.69) is 21.4 Å². The highest BCUT2D eigenvalue weighted by atomic mass is 19.1. The third kappa shape index (κ3) is 3.86. The molecule has 2 aromatic carbocycles. The monoisotopic (exact) mass is 425 g/mol. The minimum absolute atomic E-state index is 0.294. The van der Waals surface area contributed by atoms with Gasteiger partial charge in [-0.25, -0.2) is 9.37 Å². The van der Waals surface area contributed by atoms with Gasteiger partial charge < -0.3 is 11.1 Å². The number of primary amides is 1. The summed E-state index contributed by atoms with van der Waals surface area (Å²) in [4.78, 5) is 20.6. The molecule has 0 bridgehead atoms. The molecule has 3 N–H and O–H groups in total. The topological polar surface area (TPSA) is 105 Å². The molecular formula is C25H20FN5O. The average molecular weight is 425 g/mol. The van der Waals surface area contributed by atoms with Crippen LogP contribution in [0.3, 0.4) is 0 Å². The fourth-order valence-electron chi connectivity index (χ4n) is 3.64. The van der Waals surface area contributed by atoms with Crippen LogP contribution in [0.4, 0.5) is 10.1 Å². The lowest BCUT2D eigenvalue weighted by Gasteiger charge is -2.19. The van der Waals surface area contributed by atoms with E-state index in [9.17, 15) is 14.4 Å². The zero-order valence-electron chi connectivity index (χ0n) is 17.3. The Balaban J connectivity index is 1.87. The molecule has 0 saturated heterocycles. The molecule has 7 heteroatoms. The summed E-state index contributed by atoms with van der Waals surface area (Å²) < 4.78 is 14.2. The Morgan fingerprint density at radius 3 is 2.53 bits per heavy atom. The van der Waals surface area contributed by atoms with Crippen LogP contribution in [0.2, 0.25) is 0 Å². The molecule has 1 atom stereocenters. The molecule has 0 aliphatic heterocycles. The first-order valence-corrected chi connectivity index (χ1v) is 10.1. The largest absolute Gasteiger partial charge is 0.372 e. The van der Waals surface area contributed by atoms with Crippen LogP contribution in [-0.4, -0.2) is 21.9 Å². The third-order valence-electron chi connectivity index (χ3n) is 5.31. The summed E-state index contributed by atoms with van der Waals surface area (Å²) in [7, 11) is 0. The lowest BCUT2D eigenvalue weighted by molar-refractivity contribution is -0.118. The fraction of sp³-hybridized carbons (Fsp3) is 0.120. The molecule has 0 saturated carbocycles. The molecule has 0 spiro atoms. The Labute approximate surface area is 184 Å². The van der Waals surface area contributed by atoms with Crippen LogP contribution in [0.25, 0.3) is 33.3 Å². The zero-order valence-corrected chi connectivity index (χ0v) is 17.3. The SMILES string of the molecule is CC[C@@H](Nc1c(C#N)c(-c2ccc(-c3ccccc3F)cc2)nc2cnccc12)C(N)=O. The molecule has 0 unspecified atom stereocenters. The first-order chi connectivity index (χ1) is 15.5. The van der Waals surface area contributed by atoms with Crippen molar-refractivity contribution < 1.29 is 9.18 Å². The number of fused-ring (bicyclic) bond motifs is 1. The van der Waals surface area contributed by atoms with Crippen molar-refractivity contribution in [2.45, 2.75) is 19.4 Å². The van der Waals surface area contributed by atoms with Crippen LogP contribution < -0.4 is 11.1 Å². The number of carbonyl (C=O) groups is 1. The number of benzene rings is 2. The Morgan fingerprint density at radius 2 is 1.88 bits per heavy atom. The minimum Gasteiger partial charge on any atom is -0.372 e. The van der Waals surface area contributed by atoms with Crippen molar-refractivity contribution >= 4 is 22.5 Å². The van der Waals surface area contributed by atoms with Crippen LogP contribution in [-0.2, 0) is 4.79 Å². The summed E-state index contributed by atoms with van der Waals surface area (Å²) in [5, 5.41) is 13.8. The van der Waals surface area contributed by atoms with Crippen LogP contribution in [0.5, 0.6) is 0 Å². The van der Waals surface area contributed by atoms with Crippen LogP contribution >= 0.6 is 0 Å². The molecule has 2 aromatic heterocycles. The molecule has 32 heavy (non-hydrogen) atoms. The van der Waals surface area contributed by atoms with E-state index < -0.39 is 11.9 Å². The molecule has 4 rings (SSSR count). The molecule has 0 fully saturated rings. The first-order valence-electron chi connectivity index (χ1n) is 10.1. The van der Waals surface area contributed by atoms with Crippen LogP contribution in [0.1, 0.15) is 18.9 Å². The number of aromatic nitrogens is 2. The van der Waals surface area contributed by atoms with Crippen molar-refractivity contribution in [1.82, 2.24) is 9.97 Å². The van der Waals surface area contributed by atoms with Gasteiger partial charge in [-0.05, 0) is 24.1 Å². The lowest BCUT2D eigenvalue weighted by atomic mass is 9.98. The normalized spacial score (nSPS) is 11.7. The Hall–Kier alpha value is -4.31. The quantitative estimate of drug-likeness (QED) is 0.468. The summed E-state index contributed by atoms with van der Waals surface area (Å²) in [6, 6.07) is 17.0. The van der Waals surface area contributed by atoms with Crippen molar-refractivity contribution in [2.24, 2.45) is 5.73 Å². The van der Waals surface area contributed by atoms with E-state index in [4.69, 9.17) is 5.73 Å². The van der Waals surface area contributed by atoms with E-state index in [-0.39, 0.29) is 5.82 Å².